The number of nitrogens with one attached hydrogen (secondary N) is 1. The van der Waals surface area contributed by atoms with Crippen LogP contribution in [0, 0.1) is 12.8 Å². The molecule has 3 N–H and O–H groups in total. The van der Waals surface area contributed by atoms with Gasteiger partial charge in [-0.1, -0.05) is 49.3 Å². The summed E-state index contributed by atoms with van der Waals surface area (Å²) in [6.07, 6.45) is 0.975. The smallest absolute Gasteiger partial charge is 0.426 e. The first-order chi connectivity index (χ1) is 15.3. The van der Waals surface area contributed by atoms with E-state index in [-0.39, 0.29) is 18.9 Å². The van der Waals surface area contributed by atoms with E-state index in [9.17, 15) is 14.8 Å². The molecule has 2 atom stereocenters. The lowest BCUT2D eigenvalue weighted by molar-refractivity contribution is -0.144. The van der Waals surface area contributed by atoms with Gasteiger partial charge in [0.25, 0.3) is 5.91 Å². The molecule has 0 saturated carbocycles. The zero-order valence-electron chi connectivity index (χ0n) is 18.7. The van der Waals surface area contributed by atoms with Crippen LogP contribution in [0.2, 0.25) is 0 Å². The lowest BCUT2D eigenvalue weighted by Gasteiger charge is -2.29. The summed E-state index contributed by atoms with van der Waals surface area (Å²) in [5.41, 5.74) is 1.12. The van der Waals surface area contributed by atoms with Crippen molar-refractivity contribution in [2.24, 2.45) is 11.1 Å². The third kappa shape index (κ3) is 6.62. The predicted octanol–water partition coefficient (Wildman–Crippen LogP) is 2.27. The molecular formula is C22H30BN3O5S. The largest absolute Gasteiger partial charge is 0.475 e. The minimum Gasteiger partial charge on any atom is -0.426 e. The number of amides is 1. The van der Waals surface area contributed by atoms with Crippen LogP contribution in [0.1, 0.15) is 43.0 Å². The Morgan fingerprint density at radius 1 is 1.31 bits per heavy atom. The van der Waals surface area contributed by atoms with Crippen molar-refractivity contribution >= 4 is 30.1 Å². The molecule has 0 aliphatic carbocycles. The summed E-state index contributed by atoms with van der Waals surface area (Å²) in [5.74, 6) is -1.05. The van der Waals surface area contributed by atoms with Crippen LogP contribution in [0.25, 0.3) is 0 Å². The number of rotatable bonds is 11. The molecule has 1 aliphatic heterocycles. The van der Waals surface area contributed by atoms with E-state index in [1.165, 1.54) is 0 Å². The van der Waals surface area contributed by atoms with Gasteiger partial charge < -0.3 is 24.9 Å². The van der Waals surface area contributed by atoms with Crippen molar-refractivity contribution < 1.29 is 24.4 Å². The molecule has 172 valence electrons. The number of hydrogen-bond donors (Lipinski definition) is 3. The third-order valence-electron chi connectivity index (χ3n) is 5.17. The SMILES string of the molecule is Cc1nc(COCC2=NOC(Cc3ccccc3)(C(=O)N[C@@H](CC(C)C)B(O)O)C2)cs1. The highest BCUT2D eigenvalue weighted by atomic mass is 32.1. The van der Waals surface area contributed by atoms with Crippen molar-refractivity contribution in [2.45, 2.75) is 58.2 Å². The van der Waals surface area contributed by atoms with Crippen LogP contribution < -0.4 is 5.32 Å². The molecule has 3 rings (SSSR count). The lowest BCUT2D eigenvalue weighted by Crippen LogP contribution is -2.56. The maximum atomic E-state index is 13.3. The minimum atomic E-state index is -1.66. The molecule has 1 unspecified atom stereocenters. The number of nitrogens with zero attached hydrogens (tertiary/aromatic N) is 2. The molecule has 0 fully saturated rings. The predicted molar refractivity (Wildman–Crippen MR) is 124 cm³/mol. The normalized spacial score (nSPS) is 18.9. The van der Waals surface area contributed by atoms with Gasteiger partial charge in [0.15, 0.2) is 0 Å². The summed E-state index contributed by atoms with van der Waals surface area (Å²) in [4.78, 5) is 23.4. The summed E-state index contributed by atoms with van der Waals surface area (Å²) < 4.78 is 5.73. The van der Waals surface area contributed by atoms with Crippen molar-refractivity contribution in [1.29, 1.82) is 0 Å². The van der Waals surface area contributed by atoms with Gasteiger partial charge in [0, 0.05) is 18.2 Å². The Morgan fingerprint density at radius 2 is 2.06 bits per heavy atom. The first-order valence-electron chi connectivity index (χ1n) is 10.7. The molecule has 0 radical (unpaired) electrons. The number of hydrogen-bond acceptors (Lipinski definition) is 8. The molecule has 1 aliphatic rings. The van der Waals surface area contributed by atoms with Crippen LogP contribution in [-0.4, -0.2) is 51.9 Å². The summed E-state index contributed by atoms with van der Waals surface area (Å²) in [7, 11) is -1.66. The number of aromatic nitrogens is 1. The molecule has 32 heavy (non-hydrogen) atoms. The van der Waals surface area contributed by atoms with Gasteiger partial charge in [-0.2, -0.15) is 0 Å². The van der Waals surface area contributed by atoms with E-state index >= 15 is 0 Å². The molecule has 0 saturated heterocycles. The zero-order valence-corrected chi connectivity index (χ0v) is 19.5. The van der Waals surface area contributed by atoms with Gasteiger partial charge in [0.1, 0.15) is 0 Å². The molecule has 1 aromatic heterocycles. The molecule has 1 amide bonds. The summed E-state index contributed by atoms with van der Waals surface area (Å²) in [6, 6.07) is 9.54. The number of thiazole rings is 1. The molecule has 1 aromatic carbocycles. The Labute approximate surface area is 192 Å². The number of oxime groups is 1. The van der Waals surface area contributed by atoms with Gasteiger partial charge >= 0.3 is 7.12 Å². The van der Waals surface area contributed by atoms with Crippen molar-refractivity contribution in [2.75, 3.05) is 6.61 Å². The van der Waals surface area contributed by atoms with E-state index in [0.717, 1.165) is 16.3 Å². The van der Waals surface area contributed by atoms with Gasteiger partial charge in [-0.15, -0.1) is 11.3 Å². The monoisotopic (exact) mass is 459 g/mol. The number of aryl methyl sites for hydroxylation is 1. The van der Waals surface area contributed by atoms with Crippen molar-refractivity contribution in [3.8, 4) is 0 Å². The van der Waals surface area contributed by atoms with Crippen LogP contribution in [0.15, 0.2) is 40.9 Å². The fourth-order valence-corrected chi connectivity index (χ4v) is 4.25. The first kappa shape index (κ1) is 24.4. The summed E-state index contributed by atoms with van der Waals surface area (Å²) >= 11 is 1.56. The van der Waals surface area contributed by atoms with Gasteiger partial charge in [-0.05, 0) is 24.8 Å². The highest BCUT2D eigenvalue weighted by Gasteiger charge is 2.48. The van der Waals surface area contributed by atoms with E-state index in [1.807, 2.05) is 56.5 Å². The molecule has 2 aromatic rings. The first-order valence-corrected chi connectivity index (χ1v) is 11.6. The average Bonchev–Trinajstić information content (AvgIpc) is 3.35. The standard InChI is InChI=1S/C22H30BN3O5S/c1-15(2)9-20(23(28)29)25-21(27)22(10-17-7-5-4-6-8-17)11-18(26-31-22)12-30-13-19-14-32-16(3)24-19/h4-8,14-15,20,28-29H,9-13H2,1-3H3,(H,25,27)/t20-,22?/m0/s1. The minimum absolute atomic E-state index is 0.172. The quantitative estimate of drug-likeness (QED) is 0.445. The molecule has 2 heterocycles. The third-order valence-corrected chi connectivity index (χ3v) is 5.99. The van der Waals surface area contributed by atoms with Crippen LogP contribution in [0.3, 0.4) is 0 Å². The molecule has 0 bridgehead atoms. The molecule has 8 nitrogen and oxygen atoms in total. The lowest BCUT2D eigenvalue weighted by atomic mass is 9.74. The van der Waals surface area contributed by atoms with Gasteiger partial charge in [-0.3, -0.25) is 4.79 Å². The Balaban J connectivity index is 1.68. The molecule has 10 heteroatoms. The fraction of sp³-hybridized carbons (Fsp3) is 0.500. The number of benzene rings is 1. The topological polar surface area (TPSA) is 113 Å². The van der Waals surface area contributed by atoms with Crippen LogP contribution in [-0.2, 0) is 27.4 Å². The van der Waals surface area contributed by atoms with Crippen molar-refractivity contribution in [3.63, 3.8) is 0 Å². The Bertz CT molecular complexity index is 921. The zero-order chi connectivity index (χ0) is 23.1. The van der Waals surface area contributed by atoms with Crippen molar-refractivity contribution in [1.82, 2.24) is 10.3 Å². The van der Waals surface area contributed by atoms with Gasteiger partial charge in [0.2, 0.25) is 5.60 Å². The summed E-state index contributed by atoms with van der Waals surface area (Å²) in [6.45, 7) is 6.42. The van der Waals surface area contributed by atoms with E-state index in [0.29, 0.717) is 25.2 Å². The number of ether oxygens (including phenoxy) is 1. The fourth-order valence-electron chi connectivity index (χ4n) is 3.66. The van der Waals surface area contributed by atoms with Crippen LogP contribution >= 0.6 is 11.3 Å². The Kier molecular flexibility index (Phi) is 8.41. The van der Waals surface area contributed by atoms with E-state index in [2.05, 4.69) is 15.5 Å². The number of carbonyl (C=O) groups excluding carboxylic acids is 1. The van der Waals surface area contributed by atoms with Crippen LogP contribution in [0.4, 0.5) is 0 Å². The van der Waals surface area contributed by atoms with E-state index in [4.69, 9.17) is 9.57 Å². The van der Waals surface area contributed by atoms with Crippen molar-refractivity contribution in [3.05, 3.63) is 52.0 Å². The van der Waals surface area contributed by atoms with Crippen LogP contribution in [0.5, 0.6) is 0 Å². The maximum absolute atomic E-state index is 13.3. The highest BCUT2D eigenvalue weighted by molar-refractivity contribution is 7.09. The highest BCUT2D eigenvalue weighted by Crippen LogP contribution is 2.29. The average molecular weight is 459 g/mol. The second-order valence-electron chi connectivity index (χ2n) is 8.56. The Hall–Kier alpha value is -2.27. The molecular weight excluding hydrogens is 429 g/mol. The van der Waals surface area contributed by atoms with Gasteiger partial charge in [0.05, 0.1) is 35.6 Å². The summed E-state index contributed by atoms with van der Waals surface area (Å²) in [5, 5.41) is 29.3. The molecule has 0 spiro atoms. The maximum Gasteiger partial charge on any atom is 0.475 e. The van der Waals surface area contributed by atoms with E-state index < -0.39 is 24.6 Å². The van der Waals surface area contributed by atoms with E-state index in [1.54, 1.807) is 11.3 Å². The second kappa shape index (κ2) is 11.0. The number of carbonyl (C=O) groups is 1. The Morgan fingerprint density at radius 3 is 2.69 bits per heavy atom. The van der Waals surface area contributed by atoms with Gasteiger partial charge in [-0.25, -0.2) is 4.98 Å². The second-order valence-corrected chi connectivity index (χ2v) is 9.62.